The average molecular weight is 474 g/mol. The van der Waals surface area contributed by atoms with Crippen molar-refractivity contribution in [2.75, 3.05) is 19.0 Å². The zero-order chi connectivity index (χ0) is 25.1. The molecule has 0 saturated heterocycles. The van der Waals surface area contributed by atoms with Gasteiger partial charge in [0.05, 0.1) is 35.5 Å². The number of aliphatic hydroxyl groups is 1. The van der Waals surface area contributed by atoms with Crippen molar-refractivity contribution < 1.29 is 14.3 Å². The van der Waals surface area contributed by atoms with Crippen LogP contribution in [0.3, 0.4) is 0 Å². The molecule has 1 amide bonds. The summed E-state index contributed by atoms with van der Waals surface area (Å²) < 4.78 is 17.4. The number of benzene rings is 2. The molecule has 0 bridgehead atoms. The molecule has 0 radical (unpaired) electrons. The number of amides is 1. The first-order valence-corrected chi connectivity index (χ1v) is 11.5. The van der Waals surface area contributed by atoms with Crippen molar-refractivity contribution in [3.8, 4) is 11.1 Å². The predicted molar refractivity (Wildman–Crippen MR) is 133 cm³/mol. The van der Waals surface area contributed by atoms with Crippen molar-refractivity contribution in [1.29, 1.82) is 0 Å². The molecule has 1 aliphatic rings. The van der Waals surface area contributed by atoms with Gasteiger partial charge in [0.1, 0.15) is 5.82 Å². The highest BCUT2D eigenvalue weighted by molar-refractivity contribution is 5.98. The van der Waals surface area contributed by atoms with E-state index in [2.05, 4.69) is 10.1 Å². The number of hydrogen-bond donors (Lipinski definition) is 1. The molecule has 180 valence electrons. The lowest BCUT2D eigenvalue weighted by molar-refractivity contribution is 0.0764. The lowest BCUT2D eigenvalue weighted by Crippen LogP contribution is -2.25. The number of anilines is 1. The van der Waals surface area contributed by atoms with E-state index >= 15 is 4.39 Å². The fourth-order valence-corrected chi connectivity index (χ4v) is 4.80. The minimum absolute atomic E-state index is 0.138. The molecule has 7 nitrogen and oxygen atoms in total. The third-order valence-electron chi connectivity index (χ3n) is 6.51. The molecular formula is C27H28FN5O2. The lowest BCUT2D eigenvalue weighted by Gasteiger charge is -2.24. The molecule has 0 atom stereocenters. The standard InChI is InChI=1S/C27H28FN5O2/c1-27(2,35)21-9-8-17(19-13-32(5)30-25(19)21)16-11-22(28)20(24(12-16)31(3)4)14-33-15-23-18(26(33)34)7-6-10-29-23/h6-13,35H,14-15H2,1-5H3. The van der Waals surface area contributed by atoms with Crippen LogP contribution in [-0.2, 0) is 25.7 Å². The summed E-state index contributed by atoms with van der Waals surface area (Å²) in [5.41, 5.74) is 4.29. The first-order valence-electron chi connectivity index (χ1n) is 11.5. The zero-order valence-corrected chi connectivity index (χ0v) is 20.5. The minimum Gasteiger partial charge on any atom is -0.386 e. The lowest BCUT2D eigenvalue weighted by atomic mass is 9.91. The Kier molecular flexibility index (Phi) is 5.36. The number of carbonyl (C=O) groups is 1. The zero-order valence-electron chi connectivity index (χ0n) is 20.5. The number of pyridine rings is 1. The van der Waals surface area contributed by atoms with E-state index in [1.807, 2.05) is 50.4 Å². The van der Waals surface area contributed by atoms with E-state index in [1.165, 1.54) is 6.07 Å². The first-order chi connectivity index (χ1) is 16.5. The van der Waals surface area contributed by atoms with Crippen LogP contribution in [0.15, 0.2) is 48.8 Å². The number of nitrogens with zero attached hydrogens (tertiary/aromatic N) is 5. The highest BCUT2D eigenvalue weighted by atomic mass is 19.1. The highest BCUT2D eigenvalue weighted by Crippen LogP contribution is 2.38. The Balaban J connectivity index is 1.59. The van der Waals surface area contributed by atoms with Gasteiger partial charge in [-0.15, -0.1) is 0 Å². The molecule has 0 spiro atoms. The third kappa shape index (κ3) is 3.93. The maximum absolute atomic E-state index is 15.7. The second kappa shape index (κ2) is 8.16. The summed E-state index contributed by atoms with van der Waals surface area (Å²) in [7, 11) is 5.55. The topological polar surface area (TPSA) is 74.5 Å². The normalized spacial score (nSPS) is 13.6. The van der Waals surface area contributed by atoms with Crippen LogP contribution in [-0.4, -0.2) is 44.8 Å². The smallest absolute Gasteiger partial charge is 0.256 e. The van der Waals surface area contributed by atoms with E-state index in [0.29, 0.717) is 45.7 Å². The van der Waals surface area contributed by atoms with Crippen LogP contribution in [0.2, 0.25) is 0 Å². The van der Waals surface area contributed by atoms with Crippen LogP contribution in [0.25, 0.3) is 22.0 Å². The summed E-state index contributed by atoms with van der Waals surface area (Å²) in [6, 6.07) is 10.7. The summed E-state index contributed by atoms with van der Waals surface area (Å²) in [5.74, 6) is -0.521. The molecule has 0 unspecified atom stereocenters. The van der Waals surface area contributed by atoms with Crippen molar-refractivity contribution >= 4 is 22.5 Å². The Bertz CT molecular complexity index is 1470. The summed E-state index contributed by atoms with van der Waals surface area (Å²) in [5, 5.41) is 16.0. The Morgan fingerprint density at radius 3 is 2.63 bits per heavy atom. The number of halogens is 1. The number of aromatic nitrogens is 3. The number of rotatable bonds is 5. The van der Waals surface area contributed by atoms with Gasteiger partial charge in [0.2, 0.25) is 0 Å². The fourth-order valence-electron chi connectivity index (χ4n) is 4.80. The molecule has 5 rings (SSSR count). The predicted octanol–water partition coefficient (Wildman–Crippen LogP) is 4.22. The van der Waals surface area contributed by atoms with Crippen LogP contribution in [0.1, 0.15) is 41.0 Å². The van der Waals surface area contributed by atoms with Crippen LogP contribution in [0, 0.1) is 5.82 Å². The molecule has 0 fully saturated rings. The molecule has 8 heteroatoms. The van der Waals surface area contributed by atoms with Crippen LogP contribution >= 0.6 is 0 Å². The largest absolute Gasteiger partial charge is 0.386 e. The summed E-state index contributed by atoms with van der Waals surface area (Å²) in [6.07, 6.45) is 3.55. The summed E-state index contributed by atoms with van der Waals surface area (Å²) in [4.78, 5) is 20.6. The molecule has 0 saturated carbocycles. The third-order valence-corrected chi connectivity index (χ3v) is 6.51. The Morgan fingerprint density at radius 1 is 1.17 bits per heavy atom. The molecule has 1 N–H and O–H groups in total. The second-order valence-electron chi connectivity index (χ2n) is 9.79. The number of hydrogen-bond acceptors (Lipinski definition) is 5. The van der Waals surface area contributed by atoms with Crippen LogP contribution in [0.5, 0.6) is 0 Å². The Morgan fingerprint density at radius 2 is 1.94 bits per heavy atom. The maximum atomic E-state index is 15.7. The van der Waals surface area contributed by atoms with Gasteiger partial charge in [0, 0.05) is 55.7 Å². The summed E-state index contributed by atoms with van der Waals surface area (Å²) >= 11 is 0. The number of fused-ring (bicyclic) bond motifs is 2. The average Bonchev–Trinajstić information content (AvgIpc) is 3.33. The van der Waals surface area contributed by atoms with Crippen LogP contribution in [0.4, 0.5) is 10.1 Å². The quantitative estimate of drug-likeness (QED) is 0.470. The van der Waals surface area contributed by atoms with Gasteiger partial charge in [0.25, 0.3) is 5.91 Å². The number of aryl methyl sites for hydroxylation is 1. The fraction of sp³-hybridized carbons (Fsp3) is 0.296. The van der Waals surface area contributed by atoms with E-state index in [9.17, 15) is 9.90 Å². The van der Waals surface area contributed by atoms with Gasteiger partial charge < -0.3 is 14.9 Å². The van der Waals surface area contributed by atoms with Crippen LogP contribution < -0.4 is 4.90 Å². The van der Waals surface area contributed by atoms with Crippen molar-refractivity contribution in [1.82, 2.24) is 19.7 Å². The summed E-state index contributed by atoms with van der Waals surface area (Å²) in [6.45, 7) is 3.96. The van der Waals surface area contributed by atoms with Crippen molar-refractivity contribution in [2.45, 2.75) is 32.5 Å². The van der Waals surface area contributed by atoms with Crippen molar-refractivity contribution in [3.63, 3.8) is 0 Å². The molecule has 35 heavy (non-hydrogen) atoms. The minimum atomic E-state index is -1.07. The maximum Gasteiger partial charge on any atom is 0.256 e. The van der Waals surface area contributed by atoms with E-state index < -0.39 is 5.60 Å². The van der Waals surface area contributed by atoms with E-state index in [4.69, 9.17) is 0 Å². The molecule has 3 heterocycles. The van der Waals surface area contributed by atoms with Gasteiger partial charge in [-0.05, 0) is 49.2 Å². The van der Waals surface area contributed by atoms with Crippen molar-refractivity contribution in [3.05, 3.63) is 77.0 Å². The van der Waals surface area contributed by atoms with Gasteiger partial charge >= 0.3 is 0 Å². The van der Waals surface area contributed by atoms with Gasteiger partial charge in [-0.2, -0.15) is 5.10 Å². The Labute approximate surface area is 203 Å². The first kappa shape index (κ1) is 23.0. The Hall–Kier alpha value is -3.78. The molecule has 0 aliphatic carbocycles. The second-order valence-corrected chi connectivity index (χ2v) is 9.79. The number of carbonyl (C=O) groups excluding carboxylic acids is 1. The SMILES string of the molecule is CN(C)c1cc(-c2ccc(C(C)(C)O)c3nn(C)cc23)cc(F)c1CN1Cc2ncccc2C1=O. The van der Waals surface area contributed by atoms with E-state index in [-0.39, 0.29) is 18.3 Å². The van der Waals surface area contributed by atoms with E-state index in [0.717, 1.165) is 10.9 Å². The molecule has 4 aromatic rings. The molecule has 2 aromatic heterocycles. The molecular weight excluding hydrogens is 445 g/mol. The van der Waals surface area contributed by atoms with Crippen molar-refractivity contribution in [2.24, 2.45) is 7.05 Å². The van der Waals surface area contributed by atoms with E-state index in [1.54, 1.807) is 41.8 Å². The van der Waals surface area contributed by atoms with Gasteiger partial charge in [-0.3, -0.25) is 14.5 Å². The van der Waals surface area contributed by atoms with Gasteiger partial charge in [-0.1, -0.05) is 12.1 Å². The monoisotopic (exact) mass is 473 g/mol. The molecule has 2 aromatic carbocycles. The van der Waals surface area contributed by atoms with Gasteiger partial charge in [-0.25, -0.2) is 4.39 Å². The molecule has 1 aliphatic heterocycles. The highest BCUT2D eigenvalue weighted by Gasteiger charge is 2.30. The van der Waals surface area contributed by atoms with Gasteiger partial charge in [0.15, 0.2) is 0 Å².